The molecule has 1 heterocycles. The first-order valence-corrected chi connectivity index (χ1v) is 7.05. The normalized spacial score (nSPS) is 17.1. The quantitative estimate of drug-likeness (QED) is 0.810. The fourth-order valence-corrected chi connectivity index (χ4v) is 2.42. The molecule has 1 aliphatic carbocycles. The fourth-order valence-electron chi connectivity index (χ4n) is 2.42. The standard InChI is InChI=1S/C14H24N4/c1-4-9-15-12-10-13(17-11(3)16-12)18-14(5-2)7-6-8-14/h10H,4-9H2,1-3H3,(H2,15,16,17,18). The van der Waals surface area contributed by atoms with E-state index < -0.39 is 0 Å². The highest BCUT2D eigenvalue weighted by Crippen LogP contribution is 2.37. The number of hydrogen-bond acceptors (Lipinski definition) is 4. The van der Waals surface area contributed by atoms with Crippen molar-refractivity contribution >= 4 is 11.6 Å². The maximum Gasteiger partial charge on any atom is 0.132 e. The Bertz CT molecular complexity index is 393. The van der Waals surface area contributed by atoms with Crippen LogP contribution in [-0.4, -0.2) is 22.1 Å². The van der Waals surface area contributed by atoms with Crippen LogP contribution in [0.5, 0.6) is 0 Å². The van der Waals surface area contributed by atoms with Crippen molar-refractivity contribution < 1.29 is 0 Å². The molecule has 0 radical (unpaired) electrons. The topological polar surface area (TPSA) is 49.8 Å². The third kappa shape index (κ3) is 2.92. The first kappa shape index (κ1) is 13.1. The van der Waals surface area contributed by atoms with E-state index in [0.29, 0.717) is 0 Å². The van der Waals surface area contributed by atoms with E-state index in [-0.39, 0.29) is 5.54 Å². The fraction of sp³-hybridized carbons (Fsp3) is 0.714. The first-order valence-electron chi connectivity index (χ1n) is 7.05. The van der Waals surface area contributed by atoms with Gasteiger partial charge in [0.2, 0.25) is 0 Å². The molecule has 0 amide bonds. The second-order valence-corrected chi connectivity index (χ2v) is 5.22. The number of aryl methyl sites for hydroxylation is 1. The van der Waals surface area contributed by atoms with E-state index in [4.69, 9.17) is 0 Å². The molecule has 1 saturated carbocycles. The van der Waals surface area contributed by atoms with Crippen molar-refractivity contribution in [1.29, 1.82) is 0 Å². The number of anilines is 2. The van der Waals surface area contributed by atoms with Crippen LogP contribution in [0.15, 0.2) is 6.07 Å². The van der Waals surface area contributed by atoms with E-state index in [1.165, 1.54) is 19.3 Å². The van der Waals surface area contributed by atoms with Crippen LogP contribution < -0.4 is 10.6 Å². The Labute approximate surface area is 110 Å². The van der Waals surface area contributed by atoms with Gasteiger partial charge in [-0.15, -0.1) is 0 Å². The van der Waals surface area contributed by atoms with E-state index in [2.05, 4.69) is 34.4 Å². The second-order valence-electron chi connectivity index (χ2n) is 5.22. The molecule has 1 fully saturated rings. The van der Waals surface area contributed by atoms with Crippen molar-refractivity contribution in [3.05, 3.63) is 11.9 Å². The lowest BCUT2D eigenvalue weighted by atomic mass is 9.75. The molecule has 1 aliphatic rings. The zero-order valence-electron chi connectivity index (χ0n) is 11.7. The first-order chi connectivity index (χ1) is 8.67. The maximum absolute atomic E-state index is 4.49. The van der Waals surface area contributed by atoms with Gasteiger partial charge in [-0.05, 0) is 39.0 Å². The molecule has 1 aromatic heterocycles. The summed E-state index contributed by atoms with van der Waals surface area (Å²) in [5.74, 6) is 2.71. The summed E-state index contributed by atoms with van der Waals surface area (Å²) >= 11 is 0. The van der Waals surface area contributed by atoms with E-state index in [0.717, 1.165) is 36.8 Å². The summed E-state index contributed by atoms with van der Waals surface area (Å²) in [7, 11) is 0. The van der Waals surface area contributed by atoms with Gasteiger partial charge in [-0.3, -0.25) is 0 Å². The van der Waals surface area contributed by atoms with E-state index in [1.807, 2.05) is 13.0 Å². The number of aromatic nitrogens is 2. The summed E-state index contributed by atoms with van der Waals surface area (Å²) in [5.41, 5.74) is 0.281. The smallest absolute Gasteiger partial charge is 0.132 e. The van der Waals surface area contributed by atoms with Crippen LogP contribution in [0.2, 0.25) is 0 Å². The lowest BCUT2D eigenvalue weighted by Gasteiger charge is -2.42. The summed E-state index contributed by atoms with van der Waals surface area (Å²) in [5, 5.41) is 6.93. The molecule has 100 valence electrons. The monoisotopic (exact) mass is 248 g/mol. The third-order valence-corrected chi connectivity index (χ3v) is 3.77. The van der Waals surface area contributed by atoms with Crippen molar-refractivity contribution in [2.75, 3.05) is 17.2 Å². The molecule has 18 heavy (non-hydrogen) atoms. The van der Waals surface area contributed by atoms with Gasteiger partial charge in [-0.1, -0.05) is 13.8 Å². The predicted octanol–water partition coefficient (Wildman–Crippen LogP) is 3.35. The molecule has 0 unspecified atom stereocenters. The van der Waals surface area contributed by atoms with Crippen LogP contribution in [-0.2, 0) is 0 Å². The zero-order chi connectivity index (χ0) is 13.0. The Morgan fingerprint density at radius 2 is 1.94 bits per heavy atom. The van der Waals surface area contributed by atoms with Gasteiger partial charge in [-0.25, -0.2) is 9.97 Å². The predicted molar refractivity (Wildman–Crippen MR) is 76.0 cm³/mol. The Morgan fingerprint density at radius 1 is 1.22 bits per heavy atom. The largest absolute Gasteiger partial charge is 0.370 e. The summed E-state index contributed by atoms with van der Waals surface area (Å²) in [4.78, 5) is 8.90. The van der Waals surface area contributed by atoms with Crippen molar-refractivity contribution in [1.82, 2.24) is 9.97 Å². The number of rotatable bonds is 6. The van der Waals surface area contributed by atoms with Crippen LogP contribution in [0.1, 0.15) is 51.8 Å². The van der Waals surface area contributed by atoms with Gasteiger partial charge >= 0.3 is 0 Å². The molecule has 2 N–H and O–H groups in total. The highest BCUT2D eigenvalue weighted by molar-refractivity contribution is 5.49. The molecule has 0 aromatic carbocycles. The minimum absolute atomic E-state index is 0.281. The Kier molecular flexibility index (Phi) is 4.04. The summed E-state index contributed by atoms with van der Waals surface area (Å²) < 4.78 is 0. The minimum atomic E-state index is 0.281. The zero-order valence-corrected chi connectivity index (χ0v) is 11.7. The molecule has 4 nitrogen and oxygen atoms in total. The van der Waals surface area contributed by atoms with Gasteiger partial charge in [-0.2, -0.15) is 0 Å². The molecular weight excluding hydrogens is 224 g/mol. The van der Waals surface area contributed by atoms with Crippen molar-refractivity contribution in [2.24, 2.45) is 0 Å². The Hall–Kier alpha value is -1.32. The molecule has 4 heteroatoms. The van der Waals surface area contributed by atoms with Gasteiger partial charge in [0.15, 0.2) is 0 Å². The molecule has 0 aliphatic heterocycles. The summed E-state index contributed by atoms with van der Waals surface area (Å²) in [6, 6.07) is 2.03. The Morgan fingerprint density at radius 3 is 2.50 bits per heavy atom. The van der Waals surface area contributed by atoms with Gasteiger partial charge in [0.05, 0.1) is 0 Å². The summed E-state index contributed by atoms with van der Waals surface area (Å²) in [6.07, 6.45) is 6.10. The molecule has 0 atom stereocenters. The number of nitrogens with zero attached hydrogens (tertiary/aromatic N) is 2. The third-order valence-electron chi connectivity index (χ3n) is 3.77. The van der Waals surface area contributed by atoms with Crippen LogP contribution in [0, 0.1) is 6.92 Å². The second kappa shape index (κ2) is 5.55. The highest BCUT2D eigenvalue weighted by atomic mass is 15.1. The number of nitrogens with one attached hydrogen (secondary N) is 2. The van der Waals surface area contributed by atoms with E-state index in [1.54, 1.807) is 0 Å². The lowest BCUT2D eigenvalue weighted by Crippen LogP contribution is -2.44. The van der Waals surface area contributed by atoms with Crippen molar-refractivity contribution in [3.8, 4) is 0 Å². The SMILES string of the molecule is CCCNc1cc(NC2(CC)CCC2)nc(C)n1. The van der Waals surface area contributed by atoms with Crippen LogP contribution in [0.25, 0.3) is 0 Å². The molecule has 0 bridgehead atoms. The number of hydrogen-bond donors (Lipinski definition) is 2. The highest BCUT2D eigenvalue weighted by Gasteiger charge is 2.35. The van der Waals surface area contributed by atoms with Crippen LogP contribution in [0.3, 0.4) is 0 Å². The molecule has 2 rings (SSSR count). The van der Waals surface area contributed by atoms with Crippen LogP contribution in [0.4, 0.5) is 11.6 Å². The van der Waals surface area contributed by atoms with Crippen molar-refractivity contribution in [3.63, 3.8) is 0 Å². The summed E-state index contributed by atoms with van der Waals surface area (Å²) in [6.45, 7) is 7.30. The Balaban J connectivity index is 2.09. The minimum Gasteiger partial charge on any atom is -0.370 e. The maximum atomic E-state index is 4.49. The van der Waals surface area contributed by atoms with Crippen molar-refractivity contribution in [2.45, 2.75) is 58.4 Å². The average molecular weight is 248 g/mol. The molecule has 0 saturated heterocycles. The van der Waals surface area contributed by atoms with E-state index in [9.17, 15) is 0 Å². The van der Waals surface area contributed by atoms with E-state index >= 15 is 0 Å². The van der Waals surface area contributed by atoms with Gasteiger partial charge in [0.1, 0.15) is 17.5 Å². The lowest BCUT2D eigenvalue weighted by molar-refractivity contribution is 0.269. The molecular formula is C14H24N4. The van der Waals surface area contributed by atoms with Gasteiger partial charge in [0, 0.05) is 18.2 Å². The van der Waals surface area contributed by atoms with Gasteiger partial charge in [0.25, 0.3) is 0 Å². The molecule has 1 aromatic rings. The average Bonchev–Trinajstić information content (AvgIpc) is 2.30. The molecule has 0 spiro atoms. The van der Waals surface area contributed by atoms with Crippen LogP contribution >= 0.6 is 0 Å². The van der Waals surface area contributed by atoms with Gasteiger partial charge < -0.3 is 10.6 Å².